The number of phenols is 1. The summed E-state index contributed by atoms with van der Waals surface area (Å²) in [7, 11) is 0. The van der Waals surface area contributed by atoms with Gasteiger partial charge in [-0.1, -0.05) is 32.9 Å². The summed E-state index contributed by atoms with van der Waals surface area (Å²) in [6.07, 6.45) is 9.41. The number of nitrogens with zero attached hydrogens (tertiary/aromatic N) is 1. The van der Waals surface area contributed by atoms with Crippen molar-refractivity contribution in [2.24, 2.45) is 0 Å². The second kappa shape index (κ2) is 14.0. The molecule has 0 saturated heterocycles. The summed E-state index contributed by atoms with van der Waals surface area (Å²) in [6.45, 7) is 8.67. The van der Waals surface area contributed by atoms with Crippen LogP contribution in [-0.4, -0.2) is 27.0 Å². The topological polar surface area (TPSA) is 148 Å². The molecule has 1 heterocycles. The fraction of sp³-hybridized carbons (Fsp3) is 0.346. The predicted molar refractivity (Wildman–Crippen MR) is 133 cm³/mol. The number of rotatable bonds is 8. The van der Waals surface area contributed by atoms with E-state index < -0.39 is 33.5 Å². The fourth-order valence-electron chi connectivity index (χ4n) is 3.38. The molecule has 0 saturated carbocycles. The van der Waals surface area contributed by atoms with E-state index in [0.717, 1.165) is 5.56 Å². The zero-order chi connectivity index (χ0) is 27.6. The predicted octanol–water partition coefficient (Wildman–Crippen LogP) is 3.43. The van der Waals surface area contributed by atoms with Crippen molar-refractivity contribution in [3.63, 3.8) is 0 Å². The Morgan fingerprint density at radius 2 is 1.86 bits per heavy atom. The number of allylic oxidation sites excluding steroid dienone is 4. The van der Waals surface area contributed by atoms with E-state index in [-0.39, 0.29) is 28.3 Å². The fourth-order valence-corrected chi connectivity index (χ4v) is 3.38. The molecular formula is C26H31N3O7U. The number of aromatic amines is 1. The van der Waals surface area contributed by atoms with Crippen molar-refractivity contribution in [1.82, 2.24) is 9.55 Å². The Hall–Kier alpha value is -3.16. The summed E-state index contributed by atoms with van der Waals surface area (Å²) in [5.41, 5.74) is 1.57. The SMILES string of the molecule is Cc1cn(CCCCOC2=CC=C/C(=C/Nc3cc(C(C)(C)C)ccc3O)C2=O)c(=O)[nH]c1=O.[O]=[U]=[O]. The monoisotopic (exact) mass is 735 g/mol. The third-order valence-corrected chi connectivity index (χ3v) is 5.50. The van der Waals surface area contributed by atoms with Crippen LogP contribution in [0.1, 0.15) is 44.7 Å². The van der Waals surface area contributed by atoms with Crippen molar-refractivity contribution in [3.05, 3.63) is 92.1 Å². The molecule has 1 aliphatic rings. The molecule has 1 aromatic carbocycles. The number of hydrogen-bond donors (Lipinski definition) is 3. The Balaban J connectivity index is 0.00000153. The molecule has 11 heteroatoms. The number of hydrogen-bond acceptors (Lipinski definition) is 8. The molecule has 0 radical (unpaired) electrons. The molecule has 3 N–H and O–H groups in total. The molecule has 37 heavy (non-hydrogen) atoms. The number of H-pyrrole nitrogens is 1. The van der Waals surface area contributed by atoms with Crippen molar-refractivity contribution in [2.45, 2.75) is 52.5 Å². The average Bonchev–Trinajstić information content (AvgIpc) is 2.83. The van der Waals surface area contributed by atoms with Crippen LogP contribution in [0, 0.1) is 34.7 Å². The number of Topliss-reactive ketones (excluding diaryl/α,β-unsaturated/α-hetero) is 1. The minimum absolute atomic E-state index is 0.0775. The third kappa shape index (κ3) is 9.02. The second-order valence-electron chi connectivity index (χ2n) is 9.35. The second-order valence-corrected chi connectivity index (χ2v) is 10.0. The van der Waals surface area contributed by atoms with Crippen LogP contribution in [0.15, 0.2) is 69.7 Å². The molecule has 1 aliphatic carbocycles. The first kappa shape index (κ1) is 30.1. The molecule has 0 unspecified atom stereocenters. The molecule has 0 aliphatic heterocycles. The number of carbonyl (C=O) groups is 1. The van der Waals surface area contributed by atoms with Gasteiger partial charge >= 0.3 is 38.0 Å². The van der Waals surface area contributed by atoms with Crippen LogP contribution in [0.2, 0.25) is 0 Å². The van der Waals surface area contributed by atoms with E-state index in [2.05, 4.69) is 31.1 Å². The van der Waals surface area contributed by atoms with Gasteiger partial charge in [-0.05, 0) is 55.0 Å². The van der Waals surface area contributed by atoms with Gasteiger partial charge in [-0.2, -0.15) is 0 Å². The Bertz CT molecular complexity index is 1370. The van der Waals surface area contributed by atoms with Crippen LogP contribution in [0.3, 0.4) is 0 Å². The number of ether oxygens (including phenoxy) is 1. The van der Waals surface area contributed by atoms with E-state index in [1.54, 1.807) is 43.6 Å². The molecule has 0 spiro atoms. The molecule has 10 nitrogen and oxygen atoms in total. The normalized spacial score (nSPS) is 13.9. The Morgan fingerprint density at radius 3 is 2.54 bits per heavy atom. The minimum atomic E-state index is -2.51. The molecule has 196 valence electrons. The summed E-state index contributed by atoms with van der Waals surface area (Å²) >= 11 is -2.51. The number of nitrogens with one attached hydrogen (secondary N) is 2. The summed E-state index contributed by atoms with van der Waals surface area (Å²) < 4.78 is 24.3. The van der Waals surface area contributed by atoms with Crippen LogP contribution in [0.25, 0.3) is 0 Å². The number of anilines is 1. The van der Waals surface area contributed by atoms with Crippen molar-refractivity contribution in [1.29, 1.82) is 0 Å². The van der Waals surface area contributed by atoms with Crippen LogP contribution >= 0.6 is 0 Å². The van der Waals surface area contributed by atoms with Gasteiger partial charge in [-0.25, -0.2) is 4.79 Å². The number of aromatic nitrogens is 2. The van der Waals surface area contributed by atoms with Crippen molar-refractivity contribution in [2.75, 3.05) is 11.9 Å². The quantitative estimate of drug-likeness (QED) is 0.213. The van der Waals surface area contributed by atoms with E-state index in [1.807, 2.05) is 12.1 Å². The molecule has 0 bridgehead atoms. The summed E-state index contributed by atoms with van der Waals surface area (Å²) in [4.78, 5) is 38.3. The van der Waals surface area contributed by atoms with Gasteiger partial charge in [0.15, 0.2) is 5.76 Å². The third-order valence-electron chi connectivity index (χ3n) is 5.50. The Labute approximate surface area is 229 Å². The maximum atomic E-state index is 12.8. The zero-order valence-corrected chi connectivity index (χ0v) is 25.5. The van der Waals surface area contributed by atoms with Gasteiger partial charge in [0.1, 0.15) is 5.75 Å². The van der Waals surface area contributed by atoms with Crippen molar-refractivity contribution in [3.8, 4) is 5.75 Å². The van der Waals surface area contributed by atoms with Gasteiger partial charge in [0.2, 0.25) is 5.78 Å². The molecule has 0 fully saturated rings. The van der Waals surface area contributed by atoms with Gasteiger partial charge in [0.05, 0.1) is 12.3 Å². The number of carbonyl (C=O) groups excluding carboxylic acids is 1. The number of benzene rings is 1. The summed E-state index contributed by atoms with van der Waals surface area (Å²) in [5.74, 6) is 0.0788. The maximum absolute atomic E-state index is 12.8. The van der Waals surface area contributed by atoms with E-state index >= 15 is 0 Å². The Kier molecular flexibility index (Phi) is 11.3. The summed E-state index contributed by atoms with van der Waals surface area (Å²) in [5, 5.41) is 13.2. The molecular weight excluding hydrogens is 704 g/mol. The number of aromatic hydroxyl groups is 1. The first-order valence-corrected chi connectivity index (χ1v) is 15.0. The van der Waals surface area contributed by atoms with Gasteiger partial charge in [-0.3, -0.25) is 14.6 Å². The first-order valence-electron chi connectivity index (χ1n) is 11.6. The van der Waals surface area contributed by atoms with E-state index in [4.69, 9.17) is 9.21 Å². The molecule has 0 amide bonds. The molecule has 3 rings (SSSR count). The van der Waals surface area contributed by atoms with Crippen LogP contribution in [-0.2, 0) is 26.0 Å². The van der Waals surface area contributed by atoms with Gasteiger partial charge in [-0.15, -0.1) is 0 Å². The molecule has 1 aromatic heterocycles. The van der Waals surface area contributed by atoms with E-state index in [9.17, 15) is 19.5 Å². The number of phenolic OH excluding ortho intramolecular Hbond substituents is 1. The van der Waals surface area contributed by atoms with Gasteiger partial charge < -0.3 is 19.7 Å². The Morgan fingerprint density at radius 1 is 1.16 bits per heavy atom. The van der Waals surface area contributed by atoms with Crippen molar-refractivity contribution < 1.29 is 46.9 Å². The first-order chi connectivity index (χ1) is 17.5. The van der Waals surface area contributed by atoms with Crippen molar-refractivity contribution >= 4 is 11.5 Å². The van der Waals surface area contributed by atoms with Gasteiger partial charge in [0, 0.05) is 30.1 Å². The van der Waals surface area contributed by atoms with Gasteiger partial charge in [0.25, 0.3) is 5.56 Å². The molecule has 0 atom stereocenters. The van der Waals surface area contributed by atoms with Crippen LogP contribution < -0.4 is 16.6 Å². The number of ketones is 1. The number of aryl methyl sites for hydroxylation is 2. The van der Waals surface area contributed by atoms with Crippen LogP contribution in [0.4, 0.5) is 5.69 Å². The summed E-state index contributed by atoms with van der Waals surface area (Å²) in [6, 6.07) is 5.38. The van der Waals surface area contributed by atoms with E-state index in [0.29, 0.717) is 42.8 Å². The molecule has 2 aromatic rings. The van der Waals surface area contributed by atoms with Crippen LogP contribution in [0.5, 0.6) is 5.75 Å². The van der Waals surface area contributed by atoms with E-state index in [1.165, 1.54) is 4.57 Å². The zero-order valence-electron chi connectivity index (χ0n) is 21.3. The average molecular weight is 736 g/mol. The standard InChI is InChI=1S/C26H31N3O5.2O.U/c1-17-16-29(25(33)28-24(17)32)12-5-6-13-34-22-9-7-8-18(23(22)31)15-27-20-14-19(26(2,3)4)10-11-21(20)30;;;/h7-11,14-16,27,30H,5-6,12-13H2,1-4H3,(H,28,32,33);;;/b18-15-;;;. The number of unbranched alkanes of at least 4 members (excludes halogenated alkanes) is 1.